The van der Waals surface area contributed by atoms with Gasteiger partial charge in [-0.15, -0.1) is 0 Å². The predicted octanol–water partition coefficient (Wildman–Crippen LogP) is 2.58. The SMILES string of the molecule is Cc1cc(Nc2cc(N3CC[C@@](C#N)(C4CC4)C3=O)ccn2)ncn1. The van der Waals surface area contributed by atoms with E-state index in [1.54, 1.807) is 17.2 Å². The molecule has 2 aliphatic rings. The van der Waals surface area contributed by atoms with Gasteiger partial charge < -0.3 is 10.2 Å². The molecule has 0 unspecified atom stereocenters. The van der Waals surface area contributed by atoms with Crippen molar-refractivity contribution < 1.29 is 4.79 Å². The Hall–Kier alpha value is -3.01. The second-order valence-electron chi connectivity index (χ2n) is 6.63. The van der Waals surface area contributed by atoms with Gasteiger partial charge in [-0.1, -0.05) is 0 Å². The summed E-state index contributed by atoms with van der Waals surface area (Å²) in [4.78, 5) is 27.1. The topological polar surface area (TPSA) is 94.8 Å². The Morgan fingerprint density at radius 1 is 1.28 bits per heavy atom. The normalized spacial score (nSPS) is 22.7. The molecule has 25 heavy (non-hydrogen) atoms. The highest BCUT2D eigenvalue weighted by molar-refractivity contribution is 6.02. The molecular formula is C18H18N6O. The second-order valence-corrected chi connectivity index (χ2v) is 6.63. The Morgan fingerprint density at radius 3 is 2.80 bits per heavy atom. The Bertz CT molecular complexity index is 872. The molecule has 1 atom stereocenters. The number of amides is 1. The molecule has 1 amide bonds. The predicted molar refractivity (Wildman–Crippen MR) is 92.0 cm³/mol. The number of carbonyl (C=O) groups is 1. The fourth-order valence-electron chi connectivity index (χ4n) is 3.44. The third-order valence-corrected chi connectivity index (χ3v) is 4.95. The van der Waals surface area contributed by atoms with Crippen molar-refractivity contribution in [2.45, 2.75) is 26.2 Å². The van der Waals surface area contributed by atoms with Crippen LogP contribution >= 0.6 is 0 Å². The zero-order valence-electron chi connectivity index (χ0n) is 13.9. The maximum Gasteiger partial charge on any atom is 0.247 e. The molecule has 0 radical (unpaired) electrons. The highest BCUT2D eigenvalue weighted by atomic mass is 16.2. The first-order chi connectivity index (χ1) is 12.1. The number of anilines is 3. The molecule has 7 nitrogen and oxygen atoms in total. The Labute approximate surface area is 145 Å². The van der Waals surface area contributed by atoms with Gasteiger partial charge in [0.15, 0.2) is 0 Å². The summed E-state index contributed by atoms with van der Waals surface area (Å²) in [5.41, 5.74) is 0.776. The number of nitrogens with one attached hydrogen (secondary N) is 1. The van der Waals surface area contributed by atoms with Gasteiger partial charge in [-0.2, -0.15) is 5.26 Å². The van der Waals surface area contributed by atoms with Crippen LogP contribution in [0, 0.1) is 29.6 Å². The molecule has 1 aliphatic heterocycles. The van der Waals surface area contributed by atoms with Crippen LogP contribution in [-0.4, -0.2) is 27.4 Å². The van der Waals surface area contributed by atoms with E-state index < -0.39 is 5.41 Å². The summed E-state index contributed by atoms with van der Waals surface area (Å²) in [7, 11) is 0. The average molecular weight is 334 g/mol. The molecule has 1 aliphatic carbocycles. The number of rotatable bonds is 4. The first kappa shape index (κ1) is 15.5. The molecule has 0 bridgehead atoms. The van der Waals surface area contributed by atoms with E-state index in [1.807, 2.05) is 19.1 Å². The van der Waals surface area contributed by atoms with E-state index in [9.17, 15) is 10.1 Å². The number of nitrogens with zero attached hydrogens (tertiary/aromatic N) is 5. The minimum Gasteiger partial charge on any atom is -0.325 e. The summed E-state index contributed by atoms with van der Waals surface area (Å²) in [6, 6.07) is 7.75. The minimum absolute atomic E-state index is 0.0764. The minimum atomic E-state index is -0.833. The van der Waals surface area contributed by atoms with Crippen LogP contribution in [0.3, 0.4) is 0 Å². The van der Waals surface area contributed by atoms with E-state index in [0.29, 0.717) is 24.6 Å². The van der Waals surface area contributed by atoms with Gasteiger partial charge in [0, 0.05) is 36.3 Å². The number of hydrogen-bond donors (Lipinski definition) is 1. The summed E-state index contributed by atoms with van der Waals surface area (Å²) in [6.07, 6.45) is 5.70. The summed E-state index contributed by atoms with van der Waals surface area (Å²) in [5, 5.41) is 12.7. The molecule has 1 N–H and O–H groups in total. The number of aromatic nitrogens is 3. The van der Waals surface area contributed by atoms with Crippen molar-refractivity contribution in [3.05, 3.63) is 36.4 Å². The standard InChI is InChI=1S/C18H18N6O/c1-12-8-15(22-11-21-12)23-16-9-14(4-6-20-16)24-7-5-18(10-19,17(24)25)13-2-3-13/h4,6,8-9,11,13H,2-3,5,7H2,1H3,(H,20,21,22,23)/t18-/m1/s1. The quantitative estimate of drug-likeness (QED) is 0.923. The lowest BCUT2D eigenvalue weighted by Crippen LogP contribution is -2.35. The van der Waals surface area contributed by atoms with Crippen LogP contribution < -0.4 is 10.2 Å². The molecule has 1 saturated heterocycles. The first-order valence-corrected chi connectivity index (χ1v) is 8.37. The van der Waals surface area contributed by atoms with Crippen LogP contribution in [-0.2, 0) is 4.79 Å². The molecule has 2 aromatic heterocycles. The number of aryl methyl sites for hydroxylation is 1. The number of nitriles is 1. The van der Waals surface area contributed by atoms with Gasteiger partial charge in [-0.25, -0.2) is 15.0 Å². The third-order valence-electron chi connectivity index (χ3n) is 4.95. The van der Waals surface area contributed by atoms with Gasteiger partial charge >= 0.3 is 0 Å². The molecule has 1 saturated carbocycles. The third kappa shape index (κ3) is 2.70. The van der Waals surface area contributed by atoms with Crippen LogP contribution in [0.25, 0.3) is 0 Å². The molecule has 4 rings (SSSR count). The van der Waals surface area contributed by atoms with Crippen molar-refractivity contribution in [2.24, 2.45) is 11.3 Å². The Kier molecular flexibility index (Phi) is 3.61. The van der Waals surface area contributed by atoms with Crippen molar-refractivity contribution in [2.75, 3.05) is 16.8 Å². The van der Waals surface area contributed by atoms with Gasteiger partial charge in [0.05, 0.1) is 6.07 Å². The molecule has 2 aromatic rings. The summed E-state index contributed by atoms with van der Waals surface area (Å²) in [6.45, 7) is 2.46. The van der Waals surface area contributed by atoms with E-state index in [1.165, 1.54) is 6.33 Å². The van der Waals surface area contributed by atoms with Gasteiger partial charge in [-0.3, -0.25) is 4.79 Å². The number of hydrogen-bond acceptors (Lipinski definition) is 6. The lowest BCUT2D eigenvalue weighted by atomic mass is 9.83. The monoisotopic (exact) mass is 334 g/mol. The largest absolute Gasteiger partial charge is 0.325 e. The van der Waals surface area contributed by atoms with Crippen molar-refractivity contribution >= 4 is 23.2 Å². The number of pyridine rings is 1. The van der Waals surface area contributed by atoms with Crippen LogP contribution in [0.4, 0.5) is 17.3 Å². The van der Waals surface area contributed by atoms with E-state index in [-0.39, 0.29) is 11.8 Å². The summed E-state index contributed by atoms with van der Waals surface area (Å²) >= 11 is 0. The Balaban J connectivity index is 1.58. The molecule has 7 heteroatoms. The molecule has 0 spiro atoms. The maximum absolute atomic E-state index is 12.9. The lowest BCUT2D eigenvalue weighted by molar-refractivity contribution is -0.123. The lowest BCUT2D eigenvalue weighted by Gasteiger charge is -2.21. The smallest absolute Gasteiger partial charge is 0.247 e. The Morgan fingerprint density at radius 2 is 2.08 bits per heavy atom. The van der Waals surface area contributed by atoms with E-state index in [4.69, 9.17) is 0 Å². The van der Waals surface area contributed by atoms with Crippen molar-refractivity contribution in [1.29, 1.82) is 5.26 Å². The molecule has 126 valence electrons. The van der Waals surface area contributed by atoms with Crippen LogP contribution in [0.2, 0.25) is 0 Å². The maximum atomic E-state index is 12.9. The molecular weight excluding hydrogens is 316 g/mol. The first-order valence-electron chi connectivity index (χ1n) is 8.37. The number of carbonyl (C=O) groups excluding carboxylic acids is 1. The van der Waals surface area contributed by atoms with Gasteiger partial charge in [0.25, 0.3) is 0 Å². The van der Waals surface area contributed by atoms with Crippen LogP contribution in [0.15, 0.2) is 30.7 Å². The fraction of sp³-hybridized carbons (Fsp3) is 0.389. The molecule has 0 aromatic carbocycles. The van der Waals surface area contributed by atoms with E-state index >= 15 is 0 Å². The van der Waals surface area contributed by atoms with E-state index in [2.05, 4.69) is 26.3 Å². The van der Waals surface area contributed by atoms with E-state index in [0.717, 1.165) is 24.2 Å². The summed E-state index contributed by atoms with van der Waals surface area (Å²) in [5.74, 6) is 1.39. The zero-order chi connectivity index (χ0) is 17.4. The van der Waals surface area contributed by atoms with Gasteiger partial charge in [0.1, 0.15) is 23.4 Å². The molecule has 3 heterocycles. The van der Waals surface area contributed by atoms with Crippen LogP contribution in [0.1, 0.15) is 25.0 Å². The summed E-state index contributed by atoms with van der Waals surface area (Å²) < 4.78 is 0. The fourth-order valence-corrected chi connectivity index (χ4v) is 3.44. The average Bonchev–Trinajstić information content (AvgIpc) is 3.40. The van der Waals surface area contributed by atoms with Gasteiger partial charge in [-0.05, 0) is 38.2 Å². The highest BCUT2D eigenvalue weighted by Crippen LogP contribution is 2.51. The van der Waals surface area contributed by atoms with Crippen molar-refractivity contribution in [3.8, 4) is 6.07 Å². The van der Waals surface area contributed by atoms with Crippen molar-refractivity contribution in [3.63, 3.8) is 0 Å². The van der Waals surface area contributed by atoms with Gasteiger partial charge in [0.2, 0.25) is 5.91 Å². The second kappa shape index (κ2) is 5.81. The van der Waals surface area contributed by atoms with Crippen molar-refractivity contribution in [1.82, 2.24) is 15.0 Å². The molecule has 2 fully saturated rings. The highest BCUT2D eigenvalue weighted by Gasteiger charge is 2.56. The van der Waals surface area contributed by atoms with Crippen LogP contribution in [0.5, 0.6) is 0 Å². The zero-order valence-corrected chi connectivity index (χ0v) is 13.9.